The summed E-state index contributed by atoms with van der Waals surface area (Å²) in [6, 6.07) is 0. The lowest BCUT2D eigenvalue weighted by Crippen LogP contribution is -2.27. The van der Waals surface area contributed by atoms with Crippen molar-refractivity contribution in [1.82, 2.24) is 0 Å². The molecular formula is C10H16O4. The number of rotatable bonds is 4. The predicted octanol–water partition coefficient (Wildman–Crippen LogP) is 0.934. The van der Waals surface area contributed by atoms with Gasteiger partial charge < -0.3 is 9.47 Å². The Morgan fingerprint density at radius 2 is 2.29 bits per heavy atom. The molecule has 2 atom stereocenters. The minimum absolute atomic E-state index is 0.0212. The number of ketones is 1. The van der Waals surface area contributed by atoms with E-state index < -0.39 is 0 Å². The number of carbonyl (C=O) groups excluding carboxylic acids is 2. The molecule has 1 heterocycles. The number of hydrogen-bond donors (Lipinski definition) is 0. The van der Waals surface area contributed by atoms with Gasteiger partial charge in [0.1, 0.15) is 6.10 Å². The lowest BCUT2D eigenvalue weighted by atomic mass is 9.97. The third-order valence-electron chi connectivity index (χ3n) is 2.43. The molecule has 2 unspecified atom stereocenters. The first kappa shape index (κ1) is 11.2. The average molecular weight is 200 g/mol. The van der Waals surface area contributed by atoms with Crippen LogP contribution < -0.4 is 0 Å². The quantitative estimate of drug-likeness (QED) is 0.633. The van der Waals surface area contributed by atoms with Crippen LogP contribution in [0.3, 0.4) is 0 Å². The number of Topliss-reactive ketones (excluding diaryl/α,β-unsaturated/α-hetero) is 1. The number of hydrogen-bond acceptors (Lipinski definition) is 4. The Morgan fingerprint density at radius 3 is 2.79 bits per heavy atom. The van der Waals surface area contributed by atoms with E-state index in [1.807, 2.05) is 0 Å². The standard InChI is InChI=1S/C10H16O4/c1-7(6-9(11)13-2)10(12)8-4-3-5-14-8/h7-8H,3-6H2,1-2H3. The first-order chi connectivity index (χ1) is 6.65. The van der Waals surface area contributed by atoms with Gasteiger partial charge in [0.15, 0.2) is 5.78 Å². The van der Waals surface area contributed by atoms with Crippen molar-refractivity contribution in [3.05, 3.63) is 0 Å². The summed E-state index contributed by atoms with van der Waals surface area (Å²) in [5.74, 6) is -0.623. The first-order valence-corrected chi connectivity index (χ1v) is 4.87. The topological polar surface area (TPSA) is 52.6 Å². The van der Waals surface area contributed by atoms with Gasteiger partial charge in [-0.25, -0.2) is 0 Å². The molecule has 0 saturated carbocycles. The summed E-state index contributed by atoms with van der Waals surface area (Å²) in [4.78, 5) is 22.6. The van der Waals surface area contributed by atoms with Gasteiger partial charge in [-0.3, -0.25) is 9.59 Å². The average Bonchev–Trinajstić information content (AvgIpc) is 2.69. The van der Waals surface area contributed by atoms with E-state index in [1.165, 1.54) is 7.11 Å². The summed E-state index contributed by atoms with van der Waals surface area (Å²) < 4.78 is 9.75. The molecule has 0 radical (unpaired) electrons. The maximum atomic E-state index is 11.7. The van der Waals surface area contributed by atoms with E-state index in [1.54, 1.807) is 6.92 Å². The second kappa shape index (κ2) is 5.10. The summed E-state index contributed by atoms with van der Waals surface area (Å²) in [6.07, 6.45) is 1.57. The van der Waals surface area contributed by atoms with Gasteiger partial charge in [-0.05, 0) is 12.8 Å². The minimum Gasteiger partial charge on any atom is -0.469 e. The maximum absolute atomic E-state index is 11.7. The van der Waals surface area contributed by atoms with Gasteiger partial charge in [-0.1, -0.05) is 6.92 Å². The van der Waals surface area contributed by atoms with Crippen LogP contribution in [-0.2, 0) is 19.1 Å². The molecule has 4 heteroatoms. The fourth-order valence-electron chi connectivity index (χ4n) is 1.55. The molecule has 1 aliphatic heterocycles. The second-order valence-corrected chi connectivity index (χ2v) is 3.59. The molecule has 1 fully saturated rings. The fraction of sp³-hybridized carbons (Fsp3) is 0.800. The molecule has 0 amide bonds. The SMILES string of the molecule is COC(=O)CC(C)C(=O)C1CCCO1. The zero-order valence-corrected chi connectivity index (χ0v) is 8.62. The zero-order chi connectivity index (χ0) is 10.6. The van der Waals surface area contributed by atoms with Crippen LogP contribution in [0.25, 0.3) is 0 Å². The highest BCUT2D eigenvalue weighted by Crippen LogP contribution is 2.18. The van der Waals surface area contributed by atoms with E-state index >= 15 is 0 Å². The Labute approximate surface area is 83.6 Å². The van der Waals surface area contributed by atoms with E-state index in [0.717, 1.165) is 12.8 Å². The molecule has 1 saturated heterocycles. The van der Waals surface area contributed by atoms with Crippen LogP contribution >= 0.6 is 0 Å². The second-order valence-electron chi connectivity index (χ2n) is 3.59. The molecule has 0 aromatic heterocycles. The van der Waals surface area contributed by atoms with Crippen molar-refractivity contribution in [3.8, 4) is 0 Å². The number of carbonyl (C=O) groups is 2. The number of esters is 1. The molecule has 4 nitrogen and oxygen atoms in total. The summed E-state index contributed by atoms with van der Waals surface area (Å²) in [5, 5.41) is 0. The molecule has 0 aromatic carbocycles. The predicted molar refractivity (Wildman–Crippen MR) is 49.8 cm³/mol. The highest BCUT2D eigenvalue weighted by molar-refractivity contribution is 5.88. The fourth-order valence-corrected chi connectivity index (χ4v) is 1.55. The minimum atomic E-state index is -0.344. The van der Waals surface area contributed by atoms with E-state index in [2.05, 4.69) is 4.74 Å². The van der Waals surface area contributed by atoms with Gasteiger partial charge in [0.2, 0.25) is 0 Å². The zero-order valence-electron chi connectivity index (χ0n) is 8.62. The van der Waals surface area contributed by atoms with Crippen molar-refractivity contribution in [2.24, 2.45) is 5.92 Å². The molecule has 0 spiro atoms. The van der Waals surface area contributed by atoms with Crippen molar-refractivity contribution in [2.75, 3.05) is 13.7 Å². The molecule has 1 rings (SSSR count). The van der Waals surface area contributed by atoms with Gasteiger partial charge in [0.25, 0.3) is 0 Å². The third kappa shape index (κ3) is 2.80. The molecule has 14 heavy (non-hydrogen) atoms. The summed E-state index contributed by atoms with van der Waals surface area (Å²) in [5.41, 5.74) is 0. The lowest BCUT2D eigenvalue weighted by molar-refractivity contribution is -0.145. The molecule has 0 aliphatic carbocycles. The van der Waals surface area contributed by atoms with E-state index in [-0.39, 0.29) is 30.2 Å². The van der Waals surface area contributed by atoms with Gasteiger partial charge in [-0.2, -0.15) is 0 Å². The Hall–Kier alpha value is -0.900. The van der Waals surface area contributed by atoms with Gasteiger partial charge >= 0.3 is 5.97 Å². The van der Waals surface area contributed by atoms with Gasteiger partial charge in [0, 0.05) is 12.5 Å². The lowest BCUT2D eigenvalue weighted by Gasteiger charge is -2.13. The van der Waals surface area contributed by atoms with E-state index in [0.29, 0.717) is 6.61 Å². The van der Waals surface area contributed by atoms with Crippen molar-refractivity contribution in [3.63, 3.8) is 0 Å². The van der Waals surface area contributed by atoms with E-state index in [4.69, 9.17) is 4.74 Å². The van der Waals surface area contributed by atoms with Crippen LogP contribution in [0.1, 0.15) is 26.2 Å². The van der Waals surface area contributed by atoms with E-state index in [9.17, 15) is 9.59 Å². The normalized spacial score (nSPS) is 23.1. The molecule has 80 valence electrons. The Bertz CT molecular complexity index is 218. The third-order valence-corrected chi connectivity index (χ3v) is 2.43. The van der Waals surface area contributed by atoms with Crippen LogP contribution in [0, 0.1) is 5.92 Å². The van der Waals surface area contributed by atoms with Crippen LogP contribution in [0.4, 0.5) is 0 Å². The largest absolute Gasteiger partial charge is 0.469 e. The highest BCUT2D eigenvalue weighted by atomic mass is 16.5. The van der Waals surface area contributed by atoms with Crippen LogP contribution in [0.2, 0.25) is 0 Å². The van der Waals surface area contributed by atoms with Crippen molar-refractivity contribution in [2.45, 2.75) is 32.3 Å². The number of methoxy groups -OCH3 is 1. The Morgan fingerprint density at radius 1 is 1.57 bits per heavy atom. The summed E-state index contributed by atoms with van der Waals surface area (Å²) in [7, 11) is 1.32. The molecule has 0 bridgehead atoms. The molecule has 0 N–H and O–H groups in total. The van der Waals surface area contributed by atoms with Crippen LogP contribution in [0.5, 0.6) is 0 Å². The summed E-state index contributed by atoms with van der Waals surface area (Å²) in [6.45, 7) is 2.39. The van der Waals surface area contributed by atoms with Crippen molar-refractivity contribution >= 4 is 11.8 Å². The highest BCUT2D eigenvalue weighted by Gasteiger charge is 2.28. The molecule has 0 aromatic rings. The van der Waals surface area contributed by atoms with Gasteiger partial charge in [0.05, 0.1) is 13.5 Å². The summed E-state index contributed by atoms with van der Waals surface area (Å²) >= 11 is 0. The van der Waals surface area contributed by atoms with Crippen LogP contribution in [0.15, 0.2) is 0 Å². The monoisotopic (exact) mass is 200 g/mol. The van der Waals surface area contributed by atoms with Gasteiger partial charge in [-0.15, -0.1) is 0 Å². The maximum Gasteiger partial charge on any atom is 0.306 e. The molecular weight excluding hydrogens is 184 g/mol. The Kier molecular flexibility index (Phi) is 4.07. The smallest absolute Gasteiger partial charge is 0.306 e. The Balaban J connectivity index is 2.39. The first-order valence-electron chi connectivity index (χ1n) is 4.87. The molecule has 1 aliphatic rings. The van der Waals surface area contributed by atoms with Crippen LogP contribution in [-0.4, -0.2) is 31.6 Å². The number of ether oxygens (including phenoxy) is 2. The van der Waals surface area contributed by atoms with Crippen molar-refractivity contribution in [1.29, 1.82) is 0 Å². The van der Waals surface area contributed by atoms with Crippen molar-refractivity contribution < 1.29 is 19.1 Å².